The zero-order valence-corrected chi connectivity index (χ0v) is 34.5. The van der Waals surface area contributed by atoms with Gasteiger partial charge in [0.15, 0.2) is 24.7 Å². The van der Waals surface area contributed by atoms with E-state index in [0.29, 0.717) is 0 Å². The number of aliphatic hydroxyl groups excluding tert-OH is 3. The third-order valence-electron chi connectivity index (χ3n) is 12.8. The Kier molecular flexibility index (Phi) is 12.4. The van der Waals surface area contributed by atoms with Crippen LogP contribution >= 0.6 is 0 Å². The number of hydrogen-bond donors (Lipinski definition) is 7. The van der Waals surface area contributed by atoms with Crippen LogP contribution in [0.2, 0.25) is 0 Å². The second-order valence-electron chi connectivity index (χ2n) is 16.8. The van der Waals surface area contributed by atoms with Gasteiger partial charge in [0.05, 0.1) is 66.0 Å². The van der Waals surface area contributed by atoms with Crippen molar-refractivity contribution in [1.29, 1.82) is 0 Å². The molecule has 2 aromatic carbocycles. The maximum Gasteiger partial charge on any atom is 0.316 e. The van der Waals surface area contributed by atoms with E-state index in [-0.39, 0.29) is 54.8 Å². The molecule has 13 unspecified atom stereocenters. The Morgan fingerprint density at radius 2 is 1.35 bits per heavy atom. The summed E-state index contributed by atoms with van der Waals surface area (Å²) < 4.78 is 42.5. The molecule has 0 saturated carbocycles. The number of ether oxygens (including phenoxy) is 7. The molecule has 18 nitrogen and oxygen atoms in total. The molecule has 0 spiro atoms. The van der Waals surface area contributed by atoms with Crippen LogP contribution in [0.3, 0.4) is 0 Å². The fourth-order valence-corrected chi connectivity index (χ4v) is 9.51. The van der Waals surface area contributed by atoms with Crippen molar-refractivity contribution >= 4 is 17.5 Å². The van der Waals surface area contributed by atoms with Crippen LogP contribution in [0.1, 0.15) is 115 Å². The van der Waals surface area contributed by atoms with Crippen LogP contribution in [0.25, 0.3) is 0 Å². The lowest BCUT2D eigenvalue weighted by molar-refractivity contribution is -0.332. The number of hydrogen-bond acceptors (Lipinski definition) is 18. The Bertz CT molecular complexity index is 1970. The molecule has 7 N–H and O–H groups in total. The minimum Gasteiger partial charge on any atom is -0.507 e. The van der Waals surface area contributed by atoms with Gasteiger partial charge in [0.1, 0.15) is 41.5 Å². The van der Waals surface area contributed by atoms with Crippen molar-refractivity contribution in [3.8, 4) is 17.2 Å². The first-order valence-electron chi connectivity index (χ1n) is 20.3. The number of phenolic OH excluding ortho intramolecular Hbond substituents is 3. The lowest BCUT2D eigenvalue weighted by atomic mass is 9.67. The average Bonchev–Trinajstić information content (AvgIpc) is 3.18. The summed E-state index contributed by atoms with van der Waals surface area (Å²) in [6.07, 6.45) is -10.5. The lowest BCUT2D eigenvalue weighted by Crippen LogP contribution is -2.58. The van der Waals surface area contributed by atoms with Crippen molar-refractivity contribution in [3.63, 3.8) is 0 Å². The molecule has 3 aliphatic heterocycles. The number of esters is 1. The highest BCUT2D eigenvalue weighted by Gasteiger charge is 2.54. The predicted molar refractivity (Wildman–Crippen MR) is 205 cm³/mol. The van der Waals surface area contributed by atoms with Gasteiger partial charge < -0.3 is 73.8 Å². The predicted octanol–water partition coefficient (Wildman–Crippen LogP) is 1.63. The number of fused-ring (bicyclic) bond motifs is 3. The number of carbonyl (C=O) groups is 3. The molecule has 2 aromatic rings. The van der Waals surface area contributed by atoms with Crippen molar-refractivity contribution in [2.24, 2.45) is 0 Å². The number of aromatic hydroxyl groups is 3. The Morgan fingerprint density at radius 3 is 1.92 bits per heavy atom. The smallest absolute Gasteiger partial charge is 0.316 e. The monoisotopic (exact) mass is 845 g/mol. The fraction of sp³-hybridized carbons (Fsp3) is 0.643. The van der Waals surface area contributed by atoms with Crippen LogP contribution in [-0.4, -0.2) is 159 Å². The molecule has 18 heteroatoms. The van der Waals surface area contributed by atoms with E-state index < -0.39 is 137 Å². The second-order valence-corrected chi connectivity index (χ2v) is 16.8. The molecule has 3 saturated heterocycles. The molecule has 0 aromatic heterocycles. The van der Waals surface area contributed by atoms with Gasteiger partial charge >= 0.3 is 5.97 Å². The van der Waals surface area contributed by atoms with Gasteiger partial charge in [-0.05, 0) is 65.0 Å². The summed E-state index contributed by atoms with van der Waals surface area (Å²) in [5.41, 5.74) is -3.64. The molecule has 0 amide bonds. The van der Waals surface area contributed by atoms with Crippen molar-refractivity contribution in [1.82, 2.24) is 4.90 Å². The third kappa shape index (κ3) is 7.70. The highest BCUT2D eigenvalue weighted by molar-refractivity contribution is 6.31. The first-order valence-corrected chi connectivity index (χ1v) is 20.3. The minimum atomic E-state index is -1.82. The van der Waals surface area contributed by atoms with E-state index in [1.807, 2.05) is 19.0 Å². The number of rotatable bonds is 9. The van der Waals surface area contributed by atoms with Crippen LogP contribution < -0.4 is 0 Å². The van der Waals surface area contributed by atoms with Gasteiger partial charge in [-0.25, -0.2) is 0 Å². The molecule has 0 bridgehead atoms. The number of aliphatic hydroxyl groups is 4. The van der Waals surface area contributed by atoms with Gasteiger partial charge in [-0.1, -0.05) is 6.92 Å². The van der Waals surface area contributed by atoms with E-state index in [9.17, 15) is 50.1 Å². The molecule has 330 valence electrons. The van der Waals surface area contributed by atoms with E-state index >= 15 is 0 Å². The van der Waals surface area contributed by atoms with Crippen LogP contribution in [0.5, 0.6) is 17.2 Å². The number of carbonyl (C=O) groups excluding carboxylic acids is 3. The van der Waals surface area contributed by atoms with Crippen LogP contribution in [-0.2, 0) is 38.0 Å². The Hall–Kier alpha value is -3.79. The first-order chi connectivity index (χ1) is 28.3. The van der Waals surface area contributed by atoms with Crippen LogP contribution in [0.15, 0.2) is 18.2 Å². The largest absolute Gasteiger partial charge is 0.507 e. The van der Waals surface area contributed by atoms with Crippen molar-refractivity contribution in [3.05, 3.63) is 51.6 Å². The van der Waals surface area contributed by atoms with E-state index in [1.54, 1.807) is 27.7 Å². The number of nitrogens with zero attached hydrogens (tertiary/aromatic N) is 1. The average molecular weight is 846 g/mol. The molecule has 3 fully saturated rings. The quantitative estimate of drug-likeness (QED) is 0.119. The van der Waals surface area contributed by atoms with Crippen molar-refractivity contribution in [2.45, 2.75) is 151 Å². The number of likely N-dealkylation sites (N-methyl/N-ethyl adjacent to an activating group) is 1. The summed E-state index contributed by atoms with van der Waals surface area (Å²) in [5.74, 6) is -5.94. The molecule has 0 radical (unpaired) electrons. The summed E-state index contributed by atoms with van der Waals surface area (Å²) in [4.78, 5) is 43.2. The number of benzene rings is 2. The molecule has 3 heterocycles. The SMILES string of the molecule is CCC1(O)C[C@H](OC2CC(N(C)C)C(OC3CC(O)C(OC4CC(O)C(O)C(C)O4)C(C)O3)C(C)O2)c2c(cc3c(c2O)C(=O)c2c(O)ccc(O)c2C3=O)[C@@H]1C(=O)OC. The van der Waals surface area contributed by atoms with Gasteiger partial charge in [-0.3, -0.25) is 14.4 Å². The third-order valence-corrected chi connectivity index (χ3v) is 12.8. The number of phenols is 3. The molecular formula is C42H55NO17. The van der Waals surface area contributed by atoms with Gasteiger partial charge in [0, 0.05) is 42.9 Å². The number of ketones is 2. The van der Waals surface area contributed by atoms with Gasteiger partial charge in [-0.15, -0.1) is 0 Å². The Balaban J connectivity index is 1.14. The minimum absolute atomic E-state index is 0.0140. The van der Waals surface area contributed by atoms with Crippen LogP contribution in [0.4, 0.5) is 0 Å². The molecule has 2 aliphatic carbocycles. The molecule has 7 rings (SSSR count). The standard InChI is InChI=1S/C42H55NO17/c1-8-42(53)15-26(30-19(34(42)41(52)54-7)11-20-31(37(30)50)38(51)33-23(45)10-9-22(44)32(33)36(20)49)58-27-12-21(43(5)6)39(17(3)56-27)59-29-14-25(47)40(18(4)57-29)60-28-13-24(46)35(48)16(2)55-28/h9-11,16-18,21,24-29,34-35,39-40,44-48,50,53H,8,12-15H2,1-7H3/t16?,17?,18?,21?,24?,25?,26-,27?,28?,29?,34+,35?,39?,40?,42?/m0/s1. The maximum absolute atomic E-state index is 14.0. The van der Waals surface area contributed by atoms with E-state index in [4.69, 9.17) is 33.2 Å². The molecule has 5 aliphatic rings. The zero-order valence-electron chi connectivity index (χ0n) is 34.5. The van der Waals surface area contributed by atoms with E-state index in [2.05, 4.69) is 0 Å². The summed E-state index contributed by atoms with van der Waals surface area (Å²) in [5, 5.41) is 76.8. The second kappa shape index (κ2) is 16.8. The zero-order chi connectivity index (χ0) is 43.7. The highest BCUT2D eigenvalue weighted by atomic mass is 16.7. The normalized spacial score (nSPS) is 37.9. The molecule has 60 heavy (non-hydrogen) atoms. The topological polar surface area (TPSA) is 261 Å². The summed E-state index contributed by atoms with van der Waals surface area (Å²) in [7, 11) is 4.82. The molecular weight excluding hydrogens is 790 g/mol. The fourth-order valence-electron chi connectivity index (χ4n) is 9.51. The van der Waals surface area contributed by atoms with Gasteiger partial charge in [-0.2, -0.15) is 0 Å². The summed E-state index contributed by atoms with van der Waals surface area (Å²) in [6.45, 7) is 6.77. The van der Waals surface area contributed by atoms with E-state index in [0.717, 1.165) is 19.2 Å². The summed E-state index contributed by atoms with van der Waals surface area (Å²) >= 11 is 0. The van der Waals surface area contributed by atoms with E-state index in [1.165, 1.54) is 6.07 Å². The molecule has 15 atom stereocenters. The lowest BCUT2D eigenvalue weighted by Gasteiger charge is -2.48. The Morgan fingerprint density at radius 1 is 0.800 bits per heavy atom. The van der Waals surface area contributed by atoms with Crippen LogP contribution in [0, 0.1) is 0 Å². The first kappa shape index (κ1) is 44.3. The maximum atomic E-state index is 14.0. The highest BCUT2D eigenvalue weighted by Crippen LogP contribution is 2.54. The van der Waals surface area contributed by atoms with Gasteiger partial charge in [0.25, 0.3) is 0 Å². The van der Waals surface area contributed by atoms with Gasteiger partial charge in [0.2, 0.25) is 5.78 Å². The van der Waals surface area contributed by atoms with Crippen molar-refractivity contribution in [2.75, 3.05) is 21.2 Å². The summed E-state index contributed by atoms with van der Waals surface area (Å²) in [6, 6.07) is 2.97. The van der Waals surface area contributed by atoms with Crippen molar-refractivity contribution < 1.29 is 83.3 Å². The number of methoxy groups -OCH3 is 1. The Labute approximate surface area is 346 Å².